The van der Waals surface area contributed by atoms with Crippen LogP contribution in [-0.2, 0) is 4.74 Å². The van der Waals surface area contributed by atoms with E-state index in [0.717, 1.165) is 5.69 Å². The molecule has 3 rings (SSSR count). The van der Waals surface area contributed by atoms with E-state index in [1.54, 1.807) is 17.6 Å². The smallest absolute Gasteiger partial charge is 0.357 e. The molecule has 1 heterocycles. The van der Waals surface area contributed by atoms with Gasteiger partial charge in [0.05, 0.1) is 12.3 Å². The van der Waals surface area contributed by atoms with Crippen molar-refractivity contribution in [3.63, 3.8) is 0 Å². The predicted octanol–water partition coefficient (Wildman–Crippen LogP) is 5.36. The summed E-state index contributed by atoms with van der Waals surface area (Å²) < 4.78 is 6.76. The van der Waals surface area contributed by atoms with Crippen LogP contribution in [-0.4, -0.2) is 17.1 Å². The summed E-state index contributed by atoms with van der Waals surface area (Å²) in [6.07, 6.45) is 6.46. The largest absolute Gasteiger partial charge is 0.461 e. The molecule has 0 bridgehead atoms. The van der Waals surface area contributed by atoms with Gasteiger partial charge in [-0.1, -0.05) is 43.0 Å². The zero-order valence-electron chi connectivity index (χ0n) is 14.3. The number of hydrogen-bond donors (Lipinski definition) is 1. The highest BCUT2D eigenvalue weighted by Crippen LogP contribution is 2.34. The third-order valence-electron chi connectivity index (χ3n) is 4.68. The molecule has 0 radical (unpaired) electrons. The number of rotatable bonds is 4. The van der Waals surface area contributed by atoms with Crippen LogP contribution >= 0.6 is 24.0 Å². The Kier molecular flexibility index (Phi) is 6.79. The average Bonchev–Trinajstić information content (AvgIpc) is 2.90. The van der Waals surface area contributed by atoms with Gasteiger partial charge in [0.15, 0.2) is 5.69 Å². The van der Waals surface area contributed by atoms with Gasteiger partial charge in [-0.2, -0.15) is 0 Å². The highest BCUT2D eigenvalue weighted by Gasteiger charge is 2.22. The second-order valence-electron chi connectivity index (χ2n) is 6.25. The van der Waals surface area contributed by atoms with E-state index in [1.807, 2.05) is 12.1 Å². The maximum Gasteiger partial charge on any atom is 0.357 e. The molecule has 0 spiro atoms. The molecule has 1 saturated carbocycles. The second kappa shape index (κ2) is 8.63. The zero-order chi connectivity index (χ0) is 17.1. The SMILES string of the molecule is CCOC(=O)c1c(N)cc(Cl)n1-c1ccc(C2CCCCC2)cc1.Cl. The van der Waals surface area contributed by atoms with E-state index in [9.17, 15) is 4.79 Å². The standard InChI is InChI=1S/C19H23ClN2O2.ClH/c1-2-24-19(23)18-16(21)12-17(20)22(18)15-10-8-14(9-11-15)13-6-4-3-5-7-13;/h8-13H,2-7,21H2,1H3;1H. The number of carbonyl (C=O) groups is 1. The average molecular weight is 383 g/mol. The molecule has 1 aromatic carbocycles. The summed E-state index contributed by atoms with van der Waals surface area (Å²) in [5.74, 6) is 0.181. The first-order valence-electron chi connectivity index (χ1n) is 8.56. The number of halogens is 2. The van der Waals surface area contributed by atoms with Gasteiger partial charge in [-0.25, -0.2) is 4.79 Å². The van der Waals surface area contributed by atoms with Crippen LogP contribution in [0.5, 0.6) is 0 Å². The maximum absolute atomic E-state index is 12.2. The van der Waals surface area contributed by atoms with Gasteiger partial charge < -0.3 is 10.5 Å². The van der Waals surface area contributed by atoms with Crippen LogP contribution in [0.25, 0.3) is 5.69 Å². The molecular weight excluding hydrogens is 359 g/mol. The minimum absolute atomic E-state index is 0. The van der Waals surface area contributed by atoms with E-state index in [2.05, 4.69) is 12.1 Å². The van der Waals surface area contributed by atoms with Gasteiger partial charge in [-0.3, -0.25) is 4.57 Å². The zero-order valence-corrected chi connectivity index (χ0v) is 15.9. The minimum Gasteiger partial charge on any atom is -0.461 e. The molecule has 0 amide bonds. The molecule has 2 N–H and O–H groups in total. The Labute approximate surface area is 159 Å². The summed E-state index contributed by atoms with van der Waals surface area (Å²) in [5, 5.41) is 0.404. The second-order valence-corrected chi connectivity index (χ2v) is 6.64. The van der Waals surface area contributed by atoms with E-state index in [-0.39, 0.29) is 18.1 Å². The van der Waals surface area contributed by atoms with Crippen LogP contribution in [0.1, 0.15) is 61.0 Å². The molecule has 1 aliphatic carbocycles. The van der Waals surface area contributed by atoms with Crippen molar-refractivity contribution in [2.45, 2.75) is 44.9 Å². The van der Waals surface area contributed by atoms with Crippen LogP contribution < -0.4 is 5.73 Å². The Morgan fingerprint density at radius 3 is 2.48 bits per heavy atom. The fraction of sp³-hybridized carbons (Fsp3) is 0.421. The Balaban J connectivity index is 0.00000225. The van der Waals surface area contributed by atoms with Gasteiger partial charge in [0, 0.05) is 5.69 Å². The molecular formula is C19H24Cl2N2O2. The first kappa shape index (κ1) is 19.7. The summed E-state index contributed by atoms with van der Waals surface area (Å²) in [4.78, 5) is 12.2. The minimum atomic E-state index is -0.460. The van der Waals surface area contributed by atoms with Crippen molar-refractivity contribution in [1.82, 2.24) is 4.57 Å². The van der Waals surface area contributed by atoms with Gasteiger partial charge in [0.2, 0.25) is 0 Å². The van der Waals surface area contributed by atoms with Crippen LogP contribution in [0.3, 0.4) is 0 Å². The lowest BCUT2D eigenvalue weighted by atomic mass is 9.84. The number of nitrogen functional groups attached to an aromatic ring is 1. The lowest BCUT2D eigenvalue weighted by Gasteiger charge is -2.22. The van der Waals surface area contributed by atoms with Crippen molar-refractivity contribution in [3.05, 3.63) is 46.7 Å². The van der Waals surface area contributed by atoms with Crippen molar-refractivity contribution in [3.8, 4) is 5.69 Å². The molecule has 1 fully saturated rings. The number of carbonyl (C=O) groups excluding carboxylic acids is 1. The first-order chi connectivity index (χ1) is 11.6. The number of esters is 1. The number of aromatic nitrogens is 1. The molecule has 0 atom stereocenters. The van der Waals surface area contributed by atoms with Crippen molar-refractivity contribution in [2.24, 2.45) is 0 Å². The van der Waals surface area contributed by atoms with E-state index in [4.69, 9.17) is 22.1 Å². The molecule has 0 aliphatic heterocycles. The summed E-state index contributed by atoms with van der Waals surface area (Å²) in [7, 11) is 0. The van der Waals surface area contributed by atoms with E-state index < -0.39 is 5.97 Å². The highest BCUT2D eigenvalue weighted by molar-refractivity contribution is 6.30. The fourth-order valence-electron chi connectivity index (χ4n) is 3.49. The van der Waals surface area contributed by atoms with Gasteiger partial charge in [-0.05, 0) is 49.4 Å². The van der Waals surface area contributed by atoms with Crippen molar-refractivity contribution in [1.29, 1.82) is 0 Å². The summed E-state index contributed by atoms with van der Waals surface area (Å²) in [5.41, 5.74) is 8.74. The van der Waals surface area contributed by atoms with E-state index in [0.29, 0.717) is 23.4 Å². The third-order valence-corrected chi connectivity index (χ3v) is 4.96. The molecule has 0 saturated heterocycles. The molecule has 1 aromatic heterocycles. The van der Waals surface area contributed by atoms with Crippen LogP contribution in [0.15, 0.2) is 30.3 Å². The summed E-state index contributed by atoms with van der Waals surface area (Å²) in [6.45, 7) is 2.06. The number of nitrogens with two attached hydrogens (primary N) is 1. The van der Waals surface area contributed by atoms with Gasteiger partial charge in [-0.15, -0.1) is 12.4 Å². The molecule has 0 unspecified atom stereocenters. The number of hydrogen-bond acceptors (Lipinski definition) is 3. The van der Waals surface area contributed by atoms with E-state index >= 15 is 0 Å². The van der Waals surface area contributed by atoms with Gasteiger partial charge >= 0.3 is 5.97 Å². The molecule has 1 aliphatic rings. The number of benzene rings is 1. The van der Waals surface area contributed by atoms with E-state index in [1.165, 1.54) is 37.7 Å². The van der Waals surface area contributed by atoms with Crippen molar-refractivity contribution in [2.75, 3.05) is 12.3 Å². The van der Waals surface area contributed by atoms with Gasteiger partial charge in [0.25, 0.3) is 0 Å². The topological polar surface area (TPSA) is 57.2 Å². The fourth-order valence-corrected chi connectivity index (χ4v) is 3.79. The van der Waals surface area contributed by atoms with Crippen LogP contribution in [0.4, 0.5) is 5.69 Å². The van der Waals surface area contributed by atoms with Gasteiger partial charge in [0.1, 0.15) is 5.15 Å². The highest BCUT2D eigenvalue weighted by atomic mass is 35.5. The lowest BCUT2D eigenvalue weighted by molar-refractivity contribution is 0.0518. The Morgan fingerprint density at radius 1 is 1.24 bits per heavy atom. The summed E-state index contributed by atoms with van der Waals surface area (Å²) in [6, 6.07) is 9.85. The molecule has 25 heavy (non-hydrogen) atoms. The number of ether oxygens (including phenoxy) is 1. The number of nitrogens with zero attached hydrogens (tertiary/aromatic N) is 1. The molecule has 136 valence electrons. The predicted molar refractivity (Wildman–Crippen MR) is 104 cm³/mol. The molecule has 6 heteroatoms. The van der Waals surface area contributed by atoms with Crippen molar-refractivity contribution >= 4 is 35.7 Å². The number of anilines is 1. The maximum atomic E-state index is 12.2. The molecule has 2 aromatic rings. The molecule has 4 nitrogen and oxygen atoms in total. The lowest BCUT2D eigenvalue weighted by Crippen LogP contribution is -2.13. The summed E-state index contributed by atoms with van der Waals surface area (Å²) >= 11 is 6.29. The van der Waals surface area contributed by atoms with Crippen LogP contribution in [0, 0.1) is 0 Å². The normalized spacial score (nSPS) is 14.8. The quantitative estimate of drug-likeness (QED) is 0.723. The monoisotopic (exact) mass is 382 g/mol. The third kappa shape index (κ3) is 4.13. The Morgan fingerprint density at radius 2 is 1.88 bits per heavy atom. The Bertz CT molecular complexity index is 720. The van der Waals surface area contributed by atoms with Crippen molar-refractivity contribution < 1.29 is 9.53 Å². The van der Waals surface area contributed by atoms with Crippen LogP contribution in [0.2, 0.25) is 5.15 Å². The first-order valence-corrected chi connectivity index (χ1v) is 8.93. The Hall–Kier alpha value is -1.65.